The minimum Gasteiger partial charge on any atom is -0.508 e. The molecular formula is C27H30N4OS. The van der Waals surface area contributed by atoms with E-state index in [1.807, 2.05) is 12.2 Å². The van der Waals surface area contributed by atoms with E-state index in [1.165, 1.54) is 48.4 Å². The smallest absolute Gasteiger partial charge is 0.151 e. The number of aliphatic hydroxyl groups is 1. The number of fused-ring (bicyclic) bond motifs is 1. The van der Waals surface area contributed by atoms with Crippen molar-refractivity contribution in [3.05, 3.63) is 78.0 Å². The zero-order chi connectivity index (χ0) is 22.6. The lowest BCUT2D eigenvalue weighted by molar-refractivity contribution is 0.273. The predicted octanol–water partition coefficient (Wildman–Crippen LogP) is 6.68. The molecular weight excluding hydrogens is 428 g/mol. The molecule has 0 spiro atoms. The second kappa shape index (κ2) is 9.89. The van der Waals surface area contributed by atoms with Crippen molar-refractivity contribution >= 4 is 27.4 Å². The molecule has 33 heavy (non-hydrogen) atoms. The van der Waals surface area contributed by atoms with Gasteiger partial charge in [-0.3, -0.25) is 4.90 Å². The summed E-state index contributed by atoms with van der Waals surface area (Å²) in [6, 6.07) is 11.1. The first-order valence-corrected chi connectivity index (χ1v) is 12.6. The van der Waals surface area contributed by atoms with Gasteiger partial charge < -0.3 is 10.4 Å². The van der Waals surface area contributed by atoms with E-state index >= 15 is 0 Å². The highest BCUT2D eigenvalue weighted by Gasteiger charge is 2.15. The van der Waals surface area contributed by atoms with Gasteiger partial charge in [0.05, 0.1) is 10.2 Å². The normalized spacial score (nSPS) is 19.6. The number of nitrogens with zero attached hydrogens (tertiary/aromatic N) is 3. The molecule has 6 heteroatoms. The van der Waals surface area contributed by atoms with E-state index < -0.39 is 0 Å². The van der Waals surface area contributed by atoms with E-state index in [4.69, 9.17) is 0 Å². The number of hydrogen-bond acceptors (Lipinski definition) is 6. The van der Waals surface area contributed by atoms with Gasteiger partial charge in [-0.1, -0.05) is 43.3 Å². The molecule has 2 aliphatic rings. The average molecular weight is 459 g/mol. The Morgan fingerprint density at radius 1 is 1.15 bits per heavy atom. The number of benzene rings is 1. The van der Waals surface area contributed by atoms with E-state index in [-0.39, 0.29) is 5.76 Å². The molecule has 0 bridgehead atoms. The molecule has 1 aliphatic carbocycles. The van der Waals surface area contributed by atoms with E-state index in [0.29, 0.717) is 6.42 Å². The third kappa shape index (κ3) is 5.34. The Kier molecular flexibility index (Phi) is 6.55. The number of rotatable bonds is 5. The highest BCUT2D eigenvalue weighted by Crippen LogP contribution is 2.36. The molecule has 1 atom stereocenters. The molecule has 0 saturated carbocycles. The second-order valence-electron chi connectivity index (χ2n) is 9.07. The van der Waals surface area contributed by atoms with Gasteiger partial charge in [-0.05, 0) is 67.6 Å². The molecule has 2 aromatic heterocycles. The molecule has 0 radical (unpaired) electrons. The van der Waals surface area contributed by atoms with Gasteiger partial charge in [0.15, 0.2) is 5.82 Å². The molecule has 5 nitrogen and oxygen atoms in total. The van der Waals surface area contributed by atoms with Crippen LogP contribution in [0, 0.1) is 5.92 Å². The summed E-state index contributed by atoms with van der Waals surface area (Å²) in [4.78, 5) is 12.7. The number of anilines is 1. The minimum atomic E-state index is 0.234. The van der Waals surface area contributed by atoms with E-state index in [2.05, 4.69) is 57.4 Å². The fourth-order valence-electron chi connectivity index (χ4n) is 4.49. The topological polar surface area (TPSA) is 61.3 Å². The SMILES string of the molecule is CC1CCCN(Cc2ccc(-c3cc4ncnc(NC5=CC(O)=CC=CC5)c4s3)cc2)CC1. The van der Waals surface area contributed by atoms with Crippen LogP contribution in [0.4, 0.5) is 5.82 Å². The molecule has 3 heterocycles. The van der Waals surface area contributed by atoms with Gasteiger partial charge in [0.25, 0.3) is 0 Å². The Morgan fingerprint density at radius 3 is 2.91 bits per heavy atom. The van der Waals surface area contributed by atoms with Gasteiger partial charge in [0.2, 0.25) is 0 Å². The largest absolute Gasteiger partial charge is 0.508 e. The molecule has 170 valence electrons. The lowest BCUT2D eigenvalue weighted by atomic mass is 10.0. The van der Waals surface area contributed by atoms with E-state index in [1.54, 1.807) is 29.8 Å². The molecule has 5 rings (SSSR count). The molecule has 2 N–H and O–H groups in total. The lowest BCUT2D eigenvalue weighted by Gasteiger charge is -2.20. The van der Waals surface area contributed by atoms with Gasteiger partial charge in [0, 0.05) is 23.5 Å². The van der Waals surface area contributed by atoms with Gasteiger partial charge in [-0.15, -0.1) is 11.3 Å². The number of hydrogen-bond donors (Lipinski definition) is 2. The number of aromatic nitrogens is 2. The number of likely N-dealkylation sites (tertiary alicyclic amines) is 1. The van der Waals surface area contributed by atoms with Crippen molar-refractivity contribution in [1.82, 2.24) is 14.9 Å². The summed E-state index contributed by atoms with van der Waals surface area (Å²) in [6.45, 7) is 5.81. The first-order valence-electron chi connectivity index (χ1n) is 11.7. The van der Waals surface area contributed by atoms with Gasteiger partial charge in [0.1, 0.15) is 12.1 Å². The van der Waals surface area contributed by atoms with Crippen LogP contribution in [0.3, 0.4) is 0 Å². The van der Waals surface area contributed by atoms with Crippen LogP contribution in [-0.2, 0) is 6.54 Å². The quantitative estimate of drug-likeness (QED) is 0.447. The van der Waals surface area contributed by atoms with Gasteiger partial charge in [-0.25, -0.2) is 9.97 Å². The van der Waals surface area contributed by atoms with Crippen LogP contribution >= 0.6 is 11.3 Å². The number of aliphatic hydroxyl groups excluding tert-OH is 1. The lowest BCUT2D eigenvalue weighted by Crippen LogP contribution is -2.24. The zero-order valence-electron chi connectivity index (χ0n) is 19.0. The van der Waals surface area contributed by atoms with Crippen LogP contribution in [0.25, 0.3) is 20.7 Å². The van der Waals surface area contributed by atoms with Crippen molar-refractivity contribution < 1.29 is 5.11 Å². The maximum Gasteiger partial charge on any atom is 0.151 e. The number of nitrogens with one attached hydrogen (secondary N) is 1. The summed E-state index contributed by atoms with van der Waals surface area (Å²) in [6.07, 6.45) is 13.6. The molecule has 1 fully saturated rings. The monoisotopic (exact) mass is 458 g/mol. The van der Waals surface area contributed by atoms with Gasteiger partial charge in [-0.2, -0.15) is 0 Å². The summed E-state index contributed by atoms with van der Waals surface area (Å²) >= 11 is 1.70. The minimum absolute atomic E-state index is 0.234. The molecule has 3 aromatic rings. The second-order valence-corrected chi connectivity index (χ2v) is 10.1. The maximum absolute atomic E-state index is 9.92. The fraction of sp³-hybridized carbons (Fsp3) is 0.333. The Bertz CT molecular complexity index is 1210. The summed E-state index contributed by atoms with van der Waals surface area (Å²) in [5, 5.41) is 13.3. The predicted molar refractivity (Wildman–Crippen MR) is 137 cm³/mol. The van der Waals surface area contributed by atoms with Crippen molar-refractivity contribution in [2.24, 2.45) is 5.92 Å². The highest BCUT2D eigenvalue weighted by molar-refractivity contribution is 7.22. The molecule has 1 aliphatic heterocycles. The van der Waals surface area contributed by atoms with Crippen molar-refractivity contribution in [1.29, 1.82) is 0 Å². The van der Waals surface area contributed by atoms with Crippen molar-refractivity contribution in [3.63, 3.8) is 0 Å². The van der Waals surface area contributed by atoms with E-state index in [0.717, 1.165) is 34.2 Å². The summed E-state index contributed by atoms with van der Waals surface area (Å²) < 4.78 is 1.02. The summed E-state index contributed by atoms with van der Waals surface area (Å²) in [5.74, 6) is 1.86. The first kappa shape index (κ1) is 21.9. The van der Waals surface area contributed by atoms with Crippen LogP contribution in [0.5, 0.6) is 0 Å². The summed E-state index contributed by atoms with van der Waals surface area (Å²) in [5.41, 5.74) is 4.41. The molecule has 1 unspecified atom stereocenters. The Labute approximate surface area is 199 Å². The third-order valence-corrected chi connectivity index (χ3v) is 7.59. The van der Waals surface area contributed by atoms with Crippen molar-refractivity contribution in [2.45, 2.75) is 39.2 Å². The Balaban J connectivity index is 1.33. The molecule has 1 aromatic carbocycles. The van der Waals surface area contributed by atoms with Crippen LogP contribution < -0.4 is 5.32 Å². The van der Waals surface area contributed by atoms with E-state index in [9.17, 15) is 5.11 Å². The highest BCUT2D eigenvalue weighted by atomic mass is 32.1. The summed E-state index contributed by atoms with van der Waals surface area (Å²) in [7, 11) is 0. The zero-order valence-corrected chi connectivity index (χ0v) is 19.8. The molecule has 1 saturated heterocycles. The maximum atomic E-state index is 9.92. The number of allylic oxidation sites excluding steroid dienone is 4. The van der Waals surface area contributed by atoms with Crippen molar-refractivity contribution in [2.75, 3.05) is 18.4 Å². The average Bonchev–Trinajstić information content (AvgIpc) is 3.01. The van der Waals surface area contributed by atoms with Crippen LogP contribution in [0.2, 0.25) is 0 Å². The third-order valence-electron chi connectivity index (χ3n) is 6.41. The van der Waals surface area contributed by atoms with Crippen molar-refractivity contribution in [3.8, 4) is 10.4 Å². The van der Waals surface area contributed by atoms with Crippen LogP contribution in [0.1, 0.15) is 38.2 Å². The first-order chi connectivity index (χ1) is 16.1. The number of thiophene rings is 1. The van der Waals surface area contributed by atoms with Crippen LogP contribution in [-0.4, -0.2) is 33.1 Å². The Hall–Kier alpha value is -2.96. The fourth-order valence-corrected chi connectivity index (χ4v) is 5.55. The Morgan fingerprint density at radius 2 is 2.03 bits per heavy atom. The van der Waals surface area contributed by atoms with Gasteiger partial charge >= 0.3 is 0 Å². The van der Waals surface area contributed by atoms with Crippen LogP contribution in [0.15, 0.2) is 72.4 Å². The standard InChI is InChI=1S/C27H30N4OS/c1-19-5-4-13-31(14-12-19)17-20-8-10-21(11-9-20)25-16-24-26(33-25)27(29-18-28-24)30-22-6-2-3-7-23(32)15-22/h2-3,7-11,15-16,18-19,32H,4-6,12-14,17H2,1H3,(H,28,29,30). The molecule has 0 amide bonds.